The van der Waals surface area contributed by atoms with Crippen LogP contribution in [0.4, 0.5) is 0 Å². The van der Waals surface area contributed by atoms with Crippen LogP contribution in [0, 0.1) is 5.92 Å². The van der Waals surface area contributed by atoms with Crippen LogP contribution in [0.3, 0.4) is 0 Å². The van der Waals surface area contributed by atoms with Crippen LogP contribution < -0.4 is 5.73 Å². The molecule has 4 heteroatoms. The summed E-state index contributed by atoms with van der Waals surface area (Å²) in [4.78, 5) is 11.4. The molecule has 0 heterocycles. The first kappa shape index (κ1) is 13.5. The number of ether oxygens (including phenoxy) is 2. The third-order valence-electron chi connectivity index (χ3n) is 2.79. The zero-order chi connectivity index (χ0) is 12.0. The minimum Gasteiger partial charge on any atom is -0.463 e. The molecule has 2 N–H and O–H groups in total. The van der Waals surface area contributed by atoms with Gasteiger partial charge >= 0.3 is 5.97 Å². The maximum Gasteiger partial charge on any atom is 0.307 e. The summed E-state index contributed by atoms with van der Waals surface area (Å²) in [5, 5.41) is 0. The van der Waals surface area contributed by atoms with Crippen molar-refractivity contribution in [1.82, 2.24) is 0 Å². The van der Waals surface area contributed by atoms with Crippen LogP contribution in [-0.2, 0) is 14.3 Å². The molecule has 0 unspecified atom stereocenters. The summed E-state index contributed by atoms with van der Waals surface area (Å²) in [5.74, 6) is 0.313. The van der Waals surface area contributed by atoms with Crippen LogP contribution in [0.15, 0.2) is 0 Å². The highest BCUT2D eigenvalue weighted by Crippen LogP contribution is 2.32. The number of carbonyl (C=O) groups excluding carboxylic acids is 1. The molecule has 4 nitrogen and oxygen atoms in total. The molecule has 1 aliphatic carbocycles. The monoisotopic (exact) mass is 229 g/mol. The largest absolute Gasteiger partial charge is 0.463 e. The van der Waals surface area contributed by atoms with Gasteiger partial charge in [0.05, 0.1) is 13.0 Å². The first-order valence-corrected chi connectivity index (χ1v) is 6.04. The van der Waals surface area contributed by atoms with Gasteiger partial charge in [0.2, 0.25) is 0 Å². The Hall–Kier alpha value is -0.610. The lowest BCUT2D eigenvalue weighted by Gasteiger charge is -2.37. The first-order valence-electron chi connectivity index (χ1n) is 6.04. The summed E-state index contributed by atoms with van der Waals surface area (Å²) in [7, 11) is 0. The Morgan fingerprint density at radius 3 is 2.56 bits per heavy atom. The third-order valence-corrected chi connectivity index (χ3v) is 2.79. The molecule has 0 saturated heterocycles. The molecule has 1 saturated carbocycles. The molecule has 1 rings (SSSR count). The zero-order valence-electron chi connectivity index (χ0n) is 10.3. The molecule has 0 aromatic heterocycles. The van der Waals surface area contributed by atoms with E-state index in [1.165, 1.54) is 0 Å². The summed E-state index contributed by atoms with van der Waals surface area (Å²) < 4.78 is 10.4. The van der Waals surface area contributed by atoms with Crippen molar-refractivity contribution in [3.05, 3.63) is 0 Å². The SMILES string of the molecule is CC(C)COCCOC(=O)CC1(N)CCC1. The Bertz CT molecular complexity index is 224. The van der Waals surface area contributed by atoms with Crippen molar-refractivity contribution < 1.29 is 14.3 Å². The molecule has 94 valence electrons. The molecule has 0 aromatic carbocycles. The molecule has 0 aliphatic heterocycles. The maximum atomic E-state index is 11.4. The van der Waals surface area contributed by atoms with Crippen molar-refractivity contribution in [1.29, 1.82) is 0 Å². The first-order chi connectivity index (χ1) is 7.52. The van der Waals surface area contributed by atoms with Crippen LogP contribution in [0.1, 0.15) is 39.5 Å². The van der Waals surface area contributed by atoms with Crippen LogP contribution in [0.5, 0.6) is 0 Å². The Labute approximate surface area is 97.5 Å². The highest BCUT2D eigenvalue weighted by Gasteiger charge is 2.35. The summed E-state index contributed by atoms with van der Waals surface area (Å²) in [5.41, 5.74) is 5.66. The van der Waals surface area contributed by atoms with Crippen LogP contribution in [-0.4, -0.2) is 31.3 Å². The van der Waals surface area contributed by atoms with Crippen molar-refractivity contribution in [3.8, 4) is 0 Å². The van der Waals surface area contributed by atoms with E-state index in [0.717, 1.165) is 19.3 Å². The van der Waals surface area contributed by atoms with E-state index in [4.69, 9.17) is 15.2 Å². The van der Waals surface area contributed by atoms with Gasteiger partial charge in [-0.25, -0.2) is 0 Å². The highest BCUT2D eigenvalue weighted by atomic mass is 16.6. The second-order valence-electron chi connectivity index (χ2n) is 5.08. The fourth-order valence-corrected chi connectivity index (χ4v) is 1.68. The molecule has 1 aliphatic rings. The van der Waals surface area contributed by atoms with E-state index in [9.17, 15) is 4.79 Å². The lowest BCUT2D eigenvalue weighted by atomic mass is 9.75. The molecular formula is C12H23NO3. The Balaban J connectivity index is 1.98. The zero-order valence-corrected chi connectivity index (χ0v) is 10.3. The number of rotatable bonds is 7. The number of nitrogens with two attached hydrogens (primary N) is 1. The van der Waals surface area contributed by atoms with Crippen molar-refractivity contribution in [2.45, 2.75) is 45.1 Å². The van der Waals surface area contributed by atoms with Gasteiger partial charge in [-0.15, -0.1) is 0 Å². The second-order valence-corrected chi connectivity index (χ2v) is 5.08. The van der Waals surface area contributed by atoms with Crippen LogP contribution in [0.25, 0.3) is 0 Å². The van der Waals surface area contributed by atoms with Gasteiger partial charge in [-0.1, -0.05) is 13.8 Å². The Morgan fingerprint density at radius 2 is 2.06 bits per heavy atom. The third kappa shape index (κ3) is 4.94. The van der Waals surface area contributed by atoms with Gasteiger partial charge in [-0.2, -0.15) is 0 Å². The van der Waals surface area contributed by atoms with E-state index in [-0.39, 0.29) is 11.5 Å². The molecular weight excluding hydrogens is 206 g/mol. The maximum absolute atomic E-state index is 11.4. The van der Waals surface area contributed by atoms with Crippen molar-refractivity contribution >= 4 is 5.97 Å². The number of esters is 1. The molecule has 1 fully saturated rings. The van der Waals surface area contributed by atoms with Gasteiger partial charge in [-0.05, 0) is 25.2 Å². The number of hydrogen-bond acceptors (Lipinski definition) is 4. The van der Waals surface area contributed by atoms with E-state index in [2.05, 4.69) is 13.8 Å². The Kier molecular flexibility index (Phi) is 5.22. The van der Waals surface area contributed by atoms with Crippen molar-refractivity contribution in [2.75, 3.05) is 19.8 Å². The summed E-state index contributed by atoms with van der Waals surface area (Å²) in [6.45, 7) is 5.68. The predicted molar refractivity (Wildman–Crippen MR) is 62.0 cm³/mol. The topological polar surface area (TPSA) is 61.5 Å². The fraction of sp³-hybridized carbons (Fsp3) is 0.917. The summed E-state index contributed by atoms with van der Waals surface area (Å²) >= 11 is 0. The summed E-state index contributed by atoms with van der Waals surface area (Å²) in [6.07, 6.45) is 3.34. The molecule has 0 spiro atoms. The molecule has 0 amide bonds. The minimum atomic E-state index is -0.282. The quantitative estimate of drug-likeness (QED) is 0.530. The van der Waals surface area contributed by atoms with Crippen LogP contribution in [0.2, 0.25) is 0 Å². The van der Waals surface area contributed by atoms with Crippen molar-refractivity contribution in [3.63, 3.8) is 0 Å². The standard InChI is InChI=1S/C12H23NO3/c1-10(2)9-15-6-7-16-11(14)8-12(13)4-3-5-12/h10H,3-9,13H2,1-2H3. The van der Waals surface area contributed by atoms with Gasteiger partial charge in [0.1, 0.15) is 6.61 Å². The van der Waals surface area contributed by atoms with Crippen LogP contribution >= 0.6 is 0 Å². The predicted octanol–water partition coefficient (Wildman–Crippen LogP) is 1.47. The number of carbonyl (C=O) groups is 1. The second kappa shape index (κ2) is 6.21. The van der Waals surface area contributed by atoms with E-state index in [1.54, 1.807) is 0 Å². The lowest BCUT2D eigenvalue weighted by molar-refractivity contribution is -0.147. The van der Waals surface area contributed by atoms with Gasteiger partial charge < -0.3 is 15.2 Å². The normalized spacial score (nSPS) is 18.2. The molecule has 0 radical (unpaired) electrons. The fourth-order valence-electron chi connectivity index (χ4n) is 1.68. The smallest absolute Gasteiger partial charge is 0.307 e. The summed E-state index contributed by atoms with van der Waals surface area (Å²) in [6, 6.07) is 0. The average molecular weight is 229 g/mol. The molecule has 0 atom stereocenters. The van der Waals surface area contributed by atoms with Gasteiger partial charge in [0, 0.05) is 12.1 Å². The molecule has 0 bridgehead atoms. The molecule has 0 aromatic rings. The lowest BCUT2D eigenvalue weighted by Crippen LogP contribution is -2.48. The highest BCUT2D eigenvalue weighted by molar-refractivity contribution is 5.71. The number of hydrogen-bond donors (Lipinski definition) is 1. The van der Waals surface area contributed by atoms with Gasteiger partial charge in [0.25, 0.3) is 0 Å². The minimum absolute atomic E-state index is 0.199. The van der Waals surface area contributed by atoms with E-state index in [0.29, 0.717) is 32.2 Å². The van der Waals surface area contributed by atoms with Gasteiger partial charge in [-0.3, -0.25) is 4.79 Å². The van der Waals surface area contributed by atoms with E-state index in [1.807, 2.05) is 0 Å². The van der Waals surface area contributed by atoms with Gasteiger partial charge in [0.15, 0.2) is 0 Å². The Morgan fingerprint density at radius 1 is 1.38 bits per heavy atom. The average Bonchev–Trinajstić information content (AvgIpc) is 2.14. The molecule has 16 heavy (non-hydrogen) atoms. The van der Waals surface area contributed by atoms with E-state index >= 15 is 0 Å². The van der Waals surface area contributed by atoms with Crippen molar-refractivity contribution in [2.24, 2.45) is 11.7 Å². The van der Waals surface area contributed by atoms with E-state index < -0.39 is 0 Å².